The highest BCUT2D eigenvalue weighted by Crippen LogP contribution is 2.42. The predicted molar refractivity (Wildman–Crippen MR) is 102 cm³/mol. The van der Waals surface area contributed by atoms with E-state index in [4.69, 9.17) is 16.3 Å². The summed E-state index contributed by atoms with van der Waals surface area (Å²) in [6.45, 7) is 2.20. The third-order valence-corrected chi connectivity index (χ3v) is 4.78. The fourth-order valence-corrected chi connectivity index (χ4v) is 3.08. The van der Waals surface area contributed by atoms with Crippen LogP contribution in [0.5, 0.6) is 5.75 Å². The fraction of sp³-hybridized carbons (Fsp3) is 0.526. The monoisotopic (exact) mass is 469 g/mol. The lowest BCUT2D eigenvalue weighted by molar-refractivity contribution is -0.211. The number of ether oxygens (including phenoxy) is 2. The van der Waals surface area contributed by atoms with Gasteiger partial charge >= 0.3 is 18.8 Å². The van der Waals surface area contributed by atoms with Gasteiger partial charge in [-0.1, -0.05) is 25.4 Å². The van der Waals surface area contributed by atoms with Crippen molar-refractivity contribution in [2.45, 2.75) is 53.4 Å². The van der Waals surface area contributed by atoms with Gasteiger partial charge in [0.15, 0.2) is 11.4 Å². The molecule has 31 heavy (non-hydrogen) atoms. The first-order valence-electron chi connectivity index (χ1n) is 9.26. The molecule has 0 aliphatic heterocycles. The molecule has 0 bridgehead atoms. The van der Waals surface area contributed by atoms with Crippen LogP contribution in [0.4, 0.5) is 22.0 Å². The van der Waals surface area contributed by atoms with Crippen LogP contribution in [-0.4, -0.2) is 40.1 Å². The van der Waals surface area contributed by atoms with Gasteiger partial charge in [0.2, 0.25) is 0 Å². The minimum Gasteiger partial charge on any atom is -0.461 e. The molecule has 2 aromatic heterocycles. The van der Waals surface area contributed by atoms with Crippen LogP contribution in [-0.2, 0) is 17.7 Å². The summed E-state index contributed by atoms with van der Waals surface area (Å²) < 4.78 is 76.4. The molecular weight excluding hydrogens is 449 g/mol. The van der Waals surface area contributed by atoms with Gasteiger partial charge in [0.1, 0.15) is 16.4 Å². The molecule has 172 valence electrons. The van der Waals surface area contributed by atoms with Gasteiger partial charge in [0.05, 0.1) is 12.0 Å². The second kappa shape index (κ2) is 9.37. The molecule has 0 saturated carbocycles. The number of carbonyl (C=O) groups is 1. The van der Waals surface area contributed by atoms with Gasteiger partial charge < -0.3 is 9.47 Å². The molecule has 0 aliphatic rings. The number of hydrogen-bond acceptors (Lipinski definition) is 5. The Morgan fingerprint density at radius 2 is 1.90 bits per heavy atom. The summed E-state index contributed by atoms with van der Waals surface area (Å²) in [5, 5.41) is 3.84. The van der Waals surface area contributed by atoms with Gasteiger partial charge in [-0.25, -0.2) is 4.79 Å². The number of alkyl halides is 5. The number of hydrogen-bond donors (Lipinski definition) is 0. The van der Waals surface area contributed by atoms with Gasteiger partial charge in [-0.05, 0) is 31.9 Å². The lowest BCUT2D eigenvalue weighted by Gasteiger charge is -2.27. The Kier molecular flexibility index (Phi) is 7.51. The number of aryl methyl sites for hydroxylation is 1. The van der Waals surface area contributed by atoms with Gasteiger partial charge in [0.25, 0.3) is 0 Å². The van der Waals surface area contributed by atoms with Gasteiger partial charge in [-0.2, -0.15) is 27.1 Å². The smallest absolute Gasteiger partial charge is 0.394 e. The highest BCUT2D eigenvalue weighted by atomic mass is 35.5. The van der Waals surface area contributed by atoms with Crippen LogP contribution < -0.4 is 4.74 Å². The van der Waals surface area contributed by atoms with E-state index in [0.29, 0.717) is 0 Å². The third kappa shape index (κ3) is 5.44. The normalized spacial score (nSPS) is 12.4. The maximum atomic E-state index is 13.2. The summed E-state index contributed by atoms with van der Waals surface area (Å²) in [4.78, 5) is 16.1. The predicted octanol–water partition coefficient (Wildman–Crippen LogP) is 5.53. The first kappa shape index (κ1) is 24.8. The Balaban J connectivity index is 2.60. The number of pyridine rings is 1. The number of halogens is 6. The molecule has 0 atom stereocenters. The van der Waals surface area contributed by atoms with Crippen molar-refractivity contribution >= 4 is 17.6 Å². The molecule has 0 amide bonds. The minimum atomic E-state index is -4.52. The topological polar surface area (TPSA) is 66.2 Å². The summed E-state index contributed by atoms with van der Waals surface area (Å²) in [6.07, 6.45) is -3.92. The molecule has 0 saturated heterocycles. The van der Waals surface area contributed by atoms with Crippen molar-refractivity contribution in [1.29, 1.82) is 0 Å². The van der Waals surface area contributed by atoms with Crippen molar-refractivity contribution in [2.24, 2.45) is 5.41 Å². The van der Waals surface area contributed by atoms with Crippen molar-refractivity contribution in [1.82, 2.24) is 14.8 Å². The highest BCUT2D eigenvalue weighted by Gasteiger charge is 2.47. The van der Waals surface area contributed by atoms with Crippen LogP contribution in [0.15, 0.2) is 12.3 Å². The molecule has 0 N–H and O–H groups in total. The van der Waals surface area contributed by atoms with E-state index in [9.17, 15) is 26.7 Å². The Morgan fingerprint density at radius 3 is 2.42 bits per heavy atom. The van der Waals surface area contributed by atoms with Crippen LogP contribution in [0.25, 0.3) is 11.4 Å². The van der Waals surface area contributed by atoms with Crippen LogP contribution in [0.2, 0.25) is 5.02 Å². The number of nitrogens with zero attached hydrogens (tertiary/aromatic N) is 3. The largest absolute Gasteiger partial charge is 0.461 e. The first-order chi connectivity index (χ1) is 14.3. The SMILES string of the molecule is CCOC(=O)c1nn(CC)c(-c2ncc(CC(C)(C)C(F)(F)F)cc2OC(F)F)c1Cl. The van der Waals surface area contributed by atoms with Gasteiger partial charge in [-0.15, -0.1) is 0 Å². The van der Waals surface area contributed by atoms with Crippen LogP contribution in [0.1, 0.15) is 43.7 Å². The van der Waals surface area contributed by atoms with Gasteiger partial charge in [0, 0.05) is 12.7 Å². The Morgan fingerprint density at radius 1 is 1.26 bits per heavy atom. The van der Waals surface area contributed by atoms with Crippen molar-refractivity contribution in [3.05, 3.63) is 28.5 Å². The number of carbonyl (C=O) groups excluding carboxylic acids is 1. The molecule has 6 nitrogen and oxygen atoms in total. The van der Waals surface area contributed by atoms with Crippen LogP contribution in [0.3, 0.4) is 0 Å². The molecule has 0 fully saturated rings. The molecule has 2 heterocycles. The summed E-state index contributed by atoms with van der Waals surface area (Å²) >= 11 is 6.27. The molecule has 2 aromatic rings. The molecule has 0 aromatic carbocycles. The average Bonchev–Trinajstić information content (AvgIpc) is 2.97. The summed E-state index contributed by atoms with van der Waals surface area (Å²) in [5.74, 6) is -1.31. The lowest BCUT2D eigenvalue weighted by atomic mass is 9.85. The molecule has 12 heteroatoms. The van der Waals surface area contributed by atoms with E-state index in [1.807, 2.05) is 0 Å². The van der Waals surface area contributed by atoms with Crippen molar-refractivity contribution < 1.29 is 36.2 Å². The van der Waals surface area contributed by atoms with Crippen molar-refractivity contribution in [2.75, 3.05) is 6.61 Å². The molecule has 0 spiro atoms. The van der Waals surface area contributed by atoms with E-state index in [-0.39, 0.29) is 40.8 Å². The summed E-state index contributed by atoms with van der Waals surface area (Å²) in [7, 11) is 0. The average molecular weight is 470 g/mol. The quantitative estimate of drug-likeness (QED) is 0.376. The molecular formula is C19H21ClF5N3O3. The van der Waals surface area contributed by atoms with Crippen molar-refractivity contribution in [3.63, 3.8) is 0 Å². The second-order valence-electron chi connectivity index (χ2n) is 7.17. The van der Waals surface area contributed by atoms with E-state index in [2.05, 4.69) is 14.8 Å². The lowest BCUT2D eigenvalue weighted by Crippen LogP contribution is -2.34. The molecule has 0 radical (unpaired) electrons. The number of rotatable bonds is 8. The molecule has 2 rings (SSSR count). The van der Waals surface area contributed by atoms with Crippen LogP contribution in [0, 0.1) is 5.41 Å². The number of esters is 1. The standard InChI is InChI=1S/C19H21ClF5N3O3/c1-5-28-15(12(20)14(27-28)16(29)30-6-2)13-11(31-17(21)22)7-10(9-26-13)8-18(3,4)19(23,24)25/h7,9,17H,5-6,8H2,1-4H3. The second-order valence-corrected chi connectivity index (χ2v) is 7.55. The maximum Gasteiger partial charge on any atom is 0.394 e. The molecule has 0 aliphatic carbocycles. The Bertz CT molecular complexity index is 945. The zero-order chi connectivity index (χ0) is 23.6. The zero-order valence-electron chi connectivity index (χ0n) is 17.2. The molecule has 0 unspecified atom stereocenters. The fourth-order valence-electron chi connectivity index (χ4n) is 2.78. The summed E-state index contributed by atoms with van der Waals surface area (Å²) in [6, 6.07) is 1.05. The maximum absolute atomic E-state index is 13.2. The van der Waals surface area contributed by atoms with E-state index >= 15 is 0 Å². The van der Waals surface area contributed by atoms with Gasteiger partial charge in [-0.3, -0.25) is 9.67 Å². The first-order valence-corrected chi connectivity index (χ1v) is 9.64. The van der Waals surface area contributed by atoms with E-state index < -0.39 is 36.3 Å². The van der Waals surface area contributed by atoms with Crippen LogP contribution >= 0.6 is 11.6 Å². The zero-order valence-corrected chi connectivity index (χ0v) is 17.9. The van der Waals surface area contributed by atoms with E-state index in [1.54, 1.807) is 13.8 Å². The van der Waals surface area contributed by atoms with Crippen molar-refractivity contribution in [3.8, 4) is 17.1 Å². The minimum absolute atomic E-state index is 0.00417. The van der Waals surface area contributed by atoms with E-state index in [1.165, 1.54) is 4.68 Å². The highest BCUT2D eigenvalue weighted by molar-refractivity contribution is 6.35. The Hall–Kier alpha value is -2.43. The summed E-state index contributed by atoms with van der Waals surface area (Å²) in [5.41, 5.74) is -2.52. The Labute approximate surface area is 180 Å². The van der Waals surface area contributed by atoms with E-state index in [0.717, 1.165) is 26.1 Å². The number of aromatic nitrogens is 3. The third-order valence-electron chi connectivity index (χ3n) is 4.43.